The van der Waals surface area contributed by atoms with Crippen LogP contribution in [0.1, 0.15) is 0 Å². The number of ether oxygens (including phenoxy) is 2. The highest BCUT2D eigenvalue weighted by molar-refractivity contribution is 4.80. The number of hydrogen-bond donors (Lipinski definition) is 3. The minimum absolute atomic E-state index is 0.317. The number of rotatable bonds is 2. The van der Waals surface area contributed by atoms with Gasteiger partial charge in [0.1, 0.15) is 6.10 Å². The fraction of sp³-hybridized carbons (Fsp3) is 1.00. The van der Waals surface area contributed by atoms with E-state index >= 15 is 0 Å². The molecule has 5 heteroatoms. The van der Waals surface area contributed by atoms with Gasteiger partial charge in [0.2, 0.25) is 0 Å². The van der Waals surface area contributed by atoms with E-state index in [1.165, 1.54) is 7.11 Å². The molecular weight excluding hydrogens is 152 g/mol. The zero-order valence-electron chi connectivity index (χ0n) is 6.17. The third-order valence-electron chi connectivity index (χ3n) is 1.80. The second-order valence-electron chi connectivity index (χ2n) is 2.47. The third kappa shape index (κ3) is 1.52. The quantitative estimate of drug-likeness (QED) is 0.452. The lowest BCUT2D eigenvalue weighted by Crippen LogP contribution is -2.30. The third-order valence-corrected chi connectivity index (χ3v) is 1.80. The Hall–Kier alpha value is -0.200. The van der Waals surface area contributed by atoms with Crippen molar-refractivity contribution in [3.63, 3.8) is 0 Å². The van der Waals surface area contributed by atoms with Crippen molar-refractivity contribution in [2.75, 3.05) is 13.7 Å². The van der Waals surface area contributed by atoms with Gasteiger partial charge in [-0.1, -0.05) is 0 Å². The van der Waals surface area contributed by atoms with E-state index in [-0.39, 0.29) is 6.61 Å². The molecule has 0 amide bonds. The SMILES string of the molecule is CO[C@@H]1O[C@@H](O)[C@H](CO)[C@H]1O. The predicted molar refractivity (Wildman–Crippen MR) is 34.5 cm³/mol. The monoisotopic (exact) mass is 164 g/mol. The topological polar surface area (TPSA) is 79.2 Å². The molecule has 1 aliphatic rings. The summed E-state index contributed by atoms with van der Waals surface area (Å²) < 4.78 is 9.43. The molecule has 1 saturated heterocycles. The Balaban J connectivity index is 2.55. The summed E-state index contributed by atoms with van der Waals surface area (Å²) >= 11 is 0. The molecule has 1 fully saturated rings. The Morgan fingerprint density at radius 3 is 2.36 bits per heavy atom. The van der Waals surface area contributed by atoms with Crippen LogP contribution in [-0.4, -0.2) is 47.7 Å². The molecule has 0 bridgehead atoms. The summed E-state index contributed by atoms with van der Waals surface area (Å²) in [4.78, 5) is 0. The number of aliphatic hydroxyl groups excluding tert-OH is 3. The maximum absolute atomic E-state index is 9.25. The molecule has 0 spiro atoms. The Bertz CT molecular complexity index is 128. The lowest BCUT2D eigenvalue weighted by Gasteiger charge is -2.13. The van der Waals surface area contributed by atoms with Crippen molar-refractivity contribution >= 4 is 0 Å². The van der Waals surface area contributed by atoms with Crippen LogP contribution < -0.4 is 0 Å². The van der Waals surface area contributed by atoms with Crippen LogP contribution in [0.5, 0.6) is 0 Å². The first-order chi connectivity index (χ1) is 5.20. The smallest absolute Gasteiger partial charge is 0.186 e. The van der Waals surface area contributed by atoms with Crippen LogP contribution in [0.3, 0.4) is 0 Å². The first-order valence-corrected chi connectivity index (χ1v) is 3.36. The Labute approximate surface area is 64.2 Å². The van der Waals surface area contributed by atoms with Crippen molar-refractivity contribution in [2.45, 2.75) is 18.7 Å². The van der Waals surface area contributed by atoms with Gasteiger partial charge in [-0.2, -0.15) is 0 Å². The molecule has 1 heterocycles. The van der Waals surface area contributed by atoms with Crippen LogP contribution in [-0.2, 0) is 9.47 Å². The van der Waals surface area contributed by atoms with E-state index in [1.807, 2.05) is 0 Å². The van der Waals surface area contributed by atoms with Crippen LogP contribution in [0.2, 0.25) is 0 Å². The van der Waals surface area contributed by atoms with Gasteiger partial charge in [0.25, 0.3) is 0 Å². The zero-order valence-corrected chi connectivity index (χ0v) is 6.17. The fourth-order valence-corrected chi connectivity index (χ4v) is 1.08. The van der Waals surface area contributed by atoms with Crippen molar-refractivity contribution < 1.29 is 24.8 Å². The molecule has 3 N–H and O–H groups in total. The van der Waals surface area contributed by atoms with E-state index in [4.69, 9.17) is 14.9 Å². The van der Waals surface area contributed by atoms with Crippen molar-refractivity contribution in [1.82, 2.24) is 0 Å². The molecule has 5 nitrogen and oxygen atoms in total. The van der Waals surface area contributed by atoms with Gasteiger partial charge in [-0.25, -0.2) is 0 Å². The van der Waals surface area contributed by atoms with Gasteiger partial charge in [0.05, 0.1) is 12.5 Å². The van der Waals surface area contributed by atoms with Gasteiger partial charge in [0, 0.05) is 7.11 Å². The molecule has 0 saturated carbocycles. The number of methoxy groups -OCH3 is 1. The van der Waals surface area contributed by atoms with E-state index in [0.717, 1.165) is 0 Å². The molecule has 11 heavy (non-hydrogen) atoms. The zero-order chi connectivity index (χ0) is 8.43. The summed E-state index contributed by atoms with van der Waals surface area (Å²) in [6.07, 6.45) is -2.93. The average Bonchev–Trinajstić information content (AvgIpc) is 2.26. The Morgan fingerprint density at radius 1 is 1.45 bits per heavy atom. The van der Waals surface area contributed by atoms with E-state index in [1.54, 1.807) is 0 Å². The molecule has 1 aliphatic heterocycles. The molecule has 66 valence electrons. The maximum Gasteiger partial charge on any atom is 0.186 e. The molecule has 0 aromatic heterocycles. The summed E-state index contributed by atoms with van der Waals surface area (Å²) in [7, 11) is 1.36. The van der Waals surface area contributed by atoms with E-state index in [9.17, 15) is 5.11 Å². The predicted octanol–water partition coefficient (Wildman–Crippen LogP) is -1.72. The second kappa shape index (κ2) is 3.46. The fourth-order valence-electron chi connectivity index (χ4n) is 1.08. The first-order valence-electron chi connectivity index (χ1n) is 3.36. The molecular formula is C6H12O5. The Morgan fingerprint density at radius 2 is 2.09 bits per heavy atom. The lowest BCUT2D eigenvalue weighted by atomic mass is 10.1. The van der Waals surface area contributed by atoms with Crippen LogP contribution in [0.25, 0.3) is 0 Å². The van der Waals surface area contributed by atoms with Crippen molar-refractivity contribution in [3.8, 4) is 0 Å². The van der Waals surface area contributed by atoms with Gasteiger partial charge >= 0.3 is 0 Å². The largest absolute Gasteiger partial charge is 0.396 e. The summed E-state index contributed by atoms with van der Waals surface area (Å²) in [5.74, 6) is -0.667. The van der Waals surface area contributed by atoms with Gasteiger partial charge < -0.3 is 24.8 Å². The van der Waals surface area contributed by atoms with E-state index in [2.05, 4.69) is 4.74 Å². The second-order valence-corrected chi connectivity index (χ2v) is 2.47. The summed E-state index contributed by atoms with van der Waals surface area (Å²) in [6.45, 7) is -0.317. The van der Waals surface area contributed by atoms with Crippen molar-refractivity contribution in [3.05, 3.63) is 0 Å². The molecule has 1 rings (SSSR count). The van der Waals surface area contributed by atoms with Gasteiger partial charge in [-0.15, -0.1) is 0 Å². The molecule has 0 aromatic carbocycles. The summed E-state index contributed by atoms with van der Waals surface area (Å²) in [6, 6.07) is 0. The number of aliphatic hydroxyl groups is 3. The normalized spacial score (nSPS) is 44.7. The van der Waals surface area contributed by atoms with Gasteiger partial charge in [0.15, 0.2) is 12.6 Å². The van der Waals surface area contributed by atoms with Gasteiger partial charge in [-0.3, -0.25) is 0 Å². The van der Waals surface area contributed by atoms with Gasteiger partial charge in [-0.05, 0) is 0 Å². The van der Waals surface area contributed by atoms with Crippen LogP contribution in [0, 0.1) is 5.92 Å². The van der Waals surface area contributed by atoms with Crippen LogP contribution in [0.4, 0.5) is 0 Å². The van der Waals surface area contributed by atoms with E-state index < -0.39 is 24.6 Å². The standard InChI is InChI=1S/C6H12O5/c1-10-6-4(8)3(2-7)5(9)11-6/h3-9H,2H2,1H3/t3-,4-,5-,6-/m1/s1. The minimum Gasteiger partial charge on any atom is -0.396 e. The molecule has 0 aliphatic carbocycles. The first kappa shape index (κ1) is 8.89. The molecule has 0 radical (unpaired) electrons. The average molecular weight is 164 g/mol. The summed E-state index contributed by atoms with van der Waals surface area (Å²) in [5.41, 5.74) is 0. The minimum atomic E-state index is -1.14. The van der Waals surface area contributed by atoms with Crippen LogP contribution >= 0.6 is 0 Å². The highest BCUT2D eigenvalue weighted by atomic mass is 16.7. The molecule has 4 atom stereocenters. The number of hydrogen-bond acceptors (Lipinski definition) is 5. The van der Waals surface area contributed by atoms with Crippen LogP contribution in [0.15, 0.2) is 0 Å². The van der Waals surface area contributed by atoms with Crippen molar-refractivity contribution in [2.24, 2.45) is 5.92 Å². The Kier molecular flexibility index (Phi) is 2.80. The highest BCUT2D eigenvalue weighted by Gasteiger charge is 2.42. The lowest BCUT2D eigenvalue weighted by molar-refractivity contribution is -0.192. The maximum atomic E-state index is 9.25. The highest BCUT2D eigenvalue weighted by Crippen LogP contribution is 2.25. The summed E-state index contributed by atoms with van der Waals surface area (Å²) in [5, 5.41) is 27.0. The van der Waals surface area contributed by atoms with Crippen molar-refractivity contribution in [1.29, 1.82) is 0 Å². The van der Waals surface area contributed by atoms with E-state index in [0.29, 0.717) is 0 Å². The molecule has 0 aromatic rings. The molecule has 0 unspecified atom stereocenters.